The van der Waals surface area contributed by atoms with Gasteiger partial charge in [-0.15, -0.1) is 0 Å². The van der Waals surface area contributed by atoms with Crippen LogP contribution < -0.4 is 10.2 Å². The highest BCUT2D eigenvalue weighted by Crippen LogP contribution is 2.31. The Morgan fingerprint density at radius 3 is 3.00 bits per heavy atom. The molecule has 1 aliphatic carbocycles. The van der Waals surface area contributed by atoms with Crippen molar-refractivity contribution in [1.82, 2.24) is 20.3 Å². The summed E-state index contributed by atoms with van der Waals surface area (Å²) in [5.74, 6) is 0.885. The predicted molar refractivity (Wildman–Crippen MR) is 110 cm³/mol. The first-order valence-electron chi connectivity index (χ1n) is 10.2. The zero-order chi connectivity index (χ0) is 18.9. The normalized spacial score (nSPS) is 19.4. The Morgan fingerprint density at radius 1 is 1.18 bits per heavy atom. The van der Waals surface area contributed by atoms with Crippen molar-refractivity contribution in [2.75, 3.05) is 18.0 Å². The topological polar surface area (TPSA) is 73.9 Å². The van der Waals surface area contributed by atoms with Crippen molar-refractivity contribution >= 4 is 22.6 Å². The molecule has 6 heteroatoms. The Bertz CT molecular complexity index is 997. The van der Waals surface area contributed by atoms with Crippen molar-refractivity contribution in [1.29, 1.82) is 0 Å². The van der Waals surface area contributed by atoms with Crippen LogP contribution in [0.25, 0.3) is 10.9 Å². The van der Waals surface area contributed by atoms with Crippen LogP contribution in [0.15, 0.2) is 36.8 Å². The van der Waals surface area contributed by atoms with Gasteiger partial charge in [-0.3, -0.25) is 9.78 Å². The number of carbonyl (C=O) groups excluding carboxylic acids is 1. The van der Waals surface area contributed by atoms with Crippen molar-refractivity contribution in [3.8, 4) is 0 Å². The summed E-state index contributed by atoms with van der Waals surface area (Å²) in [4.78, 5) is 27.4. The maximum absolute atomic E-state index is 13.1. The number of rotatable bonds is 3. The molecule has 2 aliphatic rings. The third kappa shape index (κ3) is 3.13. The van der Waals surface area contributed by atoms with Gasteiger partial charge >= 0.3 is 0 Å². The quantitative estimate of drug-likeness (QED) is 0.737. The van der Waals surface area contributed by atoms with Gasteiger partial charge in [-0.1, -0.05) is 12.1 Å². The average Bonchev–Trinajstić information content (AvgIpc) is 3.13. The van der Waals surface area contributed by atoms with Gasteiger partial charge in [0, 0.05) is 42.6 Å². The SMILES string of the molecule is O=C(N[C@H]1CCCN(c2cnccn2)C1)c1cccc2c3c([nH]c12)CCCC3. The van der Waals surface area contributed by atoms with E-state index in [1.54, 1.807) is 18.6 Å². The molecule has 6 nitrogen and oxygen atoms in total. The molecule has 1 amide bonds. The number of benzene rings is 1. The molecule has 0 unspecified atom stereocenters. The fraction of sp³-hybridized carbons (Fsp3) is 0.409. The molecule has 2 N–H and O–H groups in total. The summed E-state index contributed by atoms with van der Waals surface area (Å²) in [6, 6.07) is 6.20. The lowest BCUT2D eigenvalue weighted by molar-refractivity contribution is 0.0934. The van der Waals surface area contributed by atoms with Crippen LogP contribution in [0.4, 0.5) is 5.82 Å². The van der Waals surface area contributed by atoms with E-state index in [0.717, 1.165) is 55.7 Å². The number of H-pyrrole nitrogens is 1. The number of fused-ring (bicyclic) bond motifs is 3. The Kier molecular flexibility index (Phi) is 4.47. The molecule has 0 bridgehead atoms. The molecule has 0 saturated carbocycles. The molecule has 1 aromatic carbocycles. The van der Waals surface area contributed by atoms with Gasteiger partial charge in [0.2, 0.25) is 0 Å². The van der Waals surface area contributed by atoms with E-state index in [9.17, 15) is 4.79 Å². The Morgan fingerprint density at radius 2 is 2.11 bits per heavy atom. The molecule has 3 aromatic rings. The molecule has 2 aromatic heterocycles. The highest BCUT2D eigenvalue weighted by Gasteiger charge is 2.24. The second-order valence-corrected chi connectivity index (χ2v) is 7.84. The minimum absolute atomic E-state index is 0.00944. The van der Waals surface area contributed by atoms with Gasteiger partial charge in [-0.2, -0.15) is 0 Å². The first-order valence-corrected chi connectivity index (χ1v) is 10.2. The zero-order valence-corrected chi connectivity index (χ0v) is 15.9. The van der Waals surface area contributed by atoms with Crippen LogP contribution >= 0.6 is 0 Å². The van der Waals surface area contributed by atoms with E-state index >= 15 is 0 Å². The largest absolute Gasteiger partial charge is 0.358 e. The van der Waals surface area contributed by atoms with Gasteiger partial charge in [-0.05, 0) is 50.2 Å². The van der Waals surface area contributed by atoms with E-state index in [4.69, 9.17) is 0 Å². The molecule has 5 rings (SSSR count). The summed E-state index contributed by atoms with van der Waals surface area (Å²) in [7, 11) is 0. The first kappa shape index (κ1) is 17.2. The molecule has 0 radical (unpaired) electrons. The minimum Gasteiger partial charge on any atom is -0.358 e. The number of aryl methyl sites for hydroxylation is 2. The second-order valence-electron chi connectivity index (χ2n) is 7.84. The fourth-order valence-corrected chi connectivity index (χ4v) is 4.64. The average molecular weight is 375 g/mol. The summed E-state index contributed by atoms with van der Waals surface area (Å²) in [6.45, 7) is 1.71. The zero-order valence-electron chi connectivity index (χ0n) is 15.9. The van der Waals surface area contributed by atoms with Crippen LogP contribution in [0.1, 0.15) is 47.3 Å². The number of carbonyl (C=O) groups is 1. The van der Waals surface area contributed by atoms with Crippen LogP contribution in [0.2, 0.25) is 0 Å². The number of amides is 1. The minimum atomic E-state index is 0.00944. The standard InChI is InChI=1S/C22H25N5O/c28-22(25-15-5-4-12-27(14-15)20-13-23-10-11-24-20)18-8-3-7-17-16-6-1-2-9-19(16)26-21(17)18/h3,7-8,10-11,13,15,26H,1-2,4-6,9,12,14H2,(H,25,28)/t15-/m0/s1. The molecule has 144 valence electrons. The van der Waals surface area contributed by atoms with Gasteiger partial charge in [-0.25, -0.2) is 4.98 Å². The van der Waals surface area contributed by atoms with E-state index in [-0.39, 0.29) is 11.9 Å². The van der Waals surface area contributed by atoms with Gasteiger partial charge in [0.25, 0.3) is 5.91 Å². The highest BCUT2D eigenvalue weighted by atomic mass is 16.1. The monoisotopic (exact) mass is 375 g/mol. The van der Waals surface area contributed by atoms with Crippen molar-refractivity contribution in [3.05, 3.63) is 53.6 Å². The molecule has 1 saturated heterocycles. The summed E-state index contributed by atoms with van der Waals surface area (Å²) >= 11 is 0. The van der Waals surface area contributed by atoms with Crippen LogP contribution in [0.5, 0.6) is 0 Å². The van der Waals surface area contributed by atoms with Crippen LogP contribution in [0.3, 0.4) is 0 Å². The Labute approximate surface area is 164 Å². The third-order valence-electron chi connectivity index (χ3n) is 6.01. The van der Waals surface area contributed by atoms with Gasteiger partial charge in [0.1, 0.15) is 5.82 Å². The molecule has 1 fully saturated rings. The van der Waals surface area contributed by atoms with E-state index in [1.807, 2.05) is 12.1 Å². The number of para-hydroxylation sites is 1. The molecule has 1 atom stereocenters. The van der Waals surface area contributed by atoms with Crippen LogP contribution in [0, 0.1) is 0 Å². The van der Waals surface area contributed by atoms with E-state index in [2.05, 4.69) is 31.2 Å². The maximum atomic E-state index is 13.1. The number of hydrogen-bond acceptors (Lipinski definition) is 4. The lowest BCUT2D eigenvalue weighted by atomic mass is 9.95. The summed E-state index contributed by atoms with van der Waals surface area (Å²) in [5.41, 5.74) is 4.47. The molecule has 0 spiro atoms. The predicted octanol–water partition coefficient (Wildman–Crippen LogP) is 3.24. The highest BCUT2D eigenvalue weighted by molar-refractivity contribution is 6.07. The first-order chi connectivity index (χ1) is 13.8. The number of nitrogens with zero attached hydrogens (tertiary/aromatic N) is 3. The lowest BCUT2D eigenvalue weighted by Gasteiger charge is -2.33. The van der Waals surface area contributed by atoms with Crippen molar-refractivity contribution < 1.29 is 4.79 Å². The Hall–Kier alpha value is -2.89. The van der Waals surface area contributed by atoms with E-state index < -0.39 is 0 Å². The van der Waals surface area contributed by atoms with Gasteiger partial charge < -0.3 is 15.2 Å². The van der Waals surface area contributed by atoms with Crippen LogP contribution in [-0.4, -0.2) is 40.0 Å². The molecular formula is C22H25N5O. The van der Waals surface area contributed by atoms with Gasteiger partial charge in [0.05, 0.1) is 17.3 Å². The maximum Gasteiger partial charge on any atom is 0.253 e. The Balaban J connectivity index is 1.36. The number of piperidine rings is 1. The molecule has 28 heavy (non-hydrogen) atoms. The molecular weight excluding hydrogens is 350 g/mol. The van der Waals surface area contributed by atoms with E-state index in [1.165, 1.54) is 29.5 Å². The second kappa shape index (κ2) is 7.26. The fourth-order valence-electron chi connectivity index (χ4n) is 4.64. The van der Waals surface area contributed by atoms with Crippen molar-refractivity contribution in [3.63, 3.8) is 0 Å². The summed E-state index contributed by atoms with van der Waals surface area (Å²) < 4.78 is 0. The van der Waals surface area contributed by atoms with E-state index in [0.29, 0.717) is 0 Å². The number of hydrogen-bond donors (Lipinski definition) is 2. The molecule has 3 heterocycles. The molecule has 1 aliphatic heterocycles. The van der Waals surface area contributed by atoms with Crippen LogP contribution in [-0.2, 0) is 12.8 Å². The number of nitrogens with one attached hydrogen (secondary N) is 2. The summed E-state index contributed by atoms with van der Waals surface area (Å²) in [5, 5.41) is 4.47. The van der Waals surface area contributed by atoms with Crippen molar-refractivity contribution in [2.24, 2.45) is 0 Å². The third-order valence-corrected chi connectivity index (χ3v) is 6.01. The van der Waals surface area contributed by atoms with Gasteiger partial charge in [0.15, 0.2) is 0 Å². The number of aromatic amines is 1. The number of anilines is 1. The van der Waals surface area contributed by atoms with Crippen molar-refractivity contribution in [2.45, 2.75) is 44.6 Å². The number of aromatic nitrogens is 3. The lowest BCUT2D eigenvalue weighted by Crippen LogP contribution is -2.48. The summed E-state index contributed by atoms with van der Waals surface area (Å²) in [6.07, 6.45) is 11.8. The smallest absolute Gasteiger partial charge is 0.253 e.